The number of nitriles is 1. The van der Waals surface area contributed by atoms with E-state index in [-0.39, 0.29) is 12.6 Å². The Morgan fingerprint density at radius 1 is 1.58 bits per heavy atom. The van der Waals surface area contributed by atoms with E-state index in [2.05, 4.69) is 22.0 Å². The number of ether oxygens (including phenoxy) is 1. The predicted octanol–water partition coefficient (Wildman–Crippen LogP) is 1.86. The quantitative estimate of drug-likeness (QED) is 0.918. The molecule has 0 radical (unpaired) electrons. The van der Waals surface area contributed by atoms with E-state index in [0.29, 0.717) is 22.3 Å². The zero-order valence-corrected chi connectivity index (χ0v) is 11.9. The zero-order chi connectivity index (χ0) is 14.0. The van der Waals surface area contributed by atoms with Gasteiger partial charge in [-0.3, -0.25) is 4.79 Å². The highest BCUT2D eigenvalue weighted by molar-refractivity contribution is 9.10. The van der Waals surface area contributed by atoms with Crippen molar-refractivity contribution >= 4 is 27.6 Å². The van der Waals surface area contributed by atoms with Gasteiger partial charge in [-0.25, -0.2) is 0 Å². The van der Waals surface area contributed by atoms with Crippen LogP contribution in [-0.2, 0) is 9.53 Å². The lowest BCUT2D eigenvalue weighted by molar-refractivity contribution is -0.141. The Labute approximate surface area is 119 Å². The van der Waals surface area contributed by atoms with Crippen LogP contribution in [0.15, 0.2) is 22.7 Å². The van der Waals surface area contributed by atoms with Crippen molar-refractivity contribution in [2.75, 3.05) is 25.2 Å². The topological polar surface area (TPSA) is 73.6 Å². The standard InChI is InChI=1S/C13H13BrN2O3/c1-16(12-7-19-6-9(12)13(17)18)11-4-2-3-10(14)8(11)5-15/h2-4,9,12H,6-7H2,1H3,(H,17,18). The molecule has 5 nitrogen and oxygen atoms in total. The van der Waals surface area contributed by atoms with Gasteiger partial charge in [-0.2, -0.15) is 5.26 Å². The summed E-state index contributed by atoms with van der Waals surface area (Å²) in [4.78, 5) is 13.0. The highest BCUT2D eigenvalue weighted by atomic mass is 79.9. The Kier molecular flexibility index (Phi) is 4.08. The molecule has 0 bridgehead atoms. The molecular weight excluding hydrogens is 312 g/mol. The molecule has 1 aromatic rings. The van der Waals surface area contributed by atoms with Crippen molar-refractivity contribution in [2.24, 2.45) is 5.92 Å². The number of aliphatic carboxylic acids is 1. The summed E-state index contributed by atoms with van der Waals surface area (Å²) in [7, 11) is 1.79. The number of carboxylic acid groups (broad SMARTS) is 1. The first-order valence-electron chi connectivity index (χ1n) is 5.78. The monoisotopic (exact) mass is 324 g/mol. The van der Waals surface area contributed by atoms with Gasteiger partial charge in [-0.05, 0) is 28.1 Å². The SMILES string of the molecule is CN(c1cccc(Br)c1C#N)C1COCC1C(=O)O. The maximum atomic E-state index is 11.2. The molecular formula is C13H13BrN2O3. The van der Waals surface area contributed by atoms with E-state index in [9.17, 15) is 15.2 Å². The van der Waals surface area contributed by atoms with Crippen LogP contribution in [0.1, 0.15) is 5.56 Å². The van der Waals surface area contributed by atoms with Crippen molar-refractivity contribution in [3.63, 3.8) is 0 Å². The Morgan fingerprint density at radius 3 is 2.95 bits per heavy atom. The van der Waals surface area contributed by atoms with Gasteiger partial charge in [-0.15, -0.1) is 0 Å². The van der Waals surface area contributed by atoms with E-state index in [4.69, 9.17) is 4.74 Å². The van der Waals surface area contributed by atoms with Crippen LogP contribution in [0.25, 0.3) is 0 Å². The molecule has 2 atom stereocenters. The Hall–Kier alpha value is -1.58. The van der Waals surface area contributed by atoms with Crippen LogP contribution in [-0.4, -0.2) is 37.4 Å². The Balaban J connectivity index is 2.35. The molecule has 2 rings (SSSR count). The summed E-state index contributed by atoms with van der Waals surface area (Å²) >= 11 is 3.33. The van der Waals surface area contributed by atoms with Crippen molar-refractivity contribution in [3.8, 4) is 6.07 Å². The van der Waals surface area contributed by atoms with Crippen LogP contribution in [0.2, 0.25) is 0 Å². The Bertz CT molecular complexity index is 541. The van der Waals surface area contributed by atoms with Crippen LogP contribution in [0, 0.1) is 17.2 Å². The number of halogens is 1. The second-order valence-corrected chi connectivity index (χ2v) is 5.26. The van der Waals surface area contributed by atoms with Crippen molar-refractivity contribution in [1.29, 1.82) is 5.26 Å². The molecule has 100 valence electrons. The summed E-state index contributed by atoms with van der Waals surface area (Å²) in [5.41, 5.74) is 1.21. The van der Waals surface area contributed by atoms with Crippen molar-refractivity contribution in [2.45, 2.75) is 6.04 Å². The first kappa shape index (κ1) is 13.8. The normalized spacial score (nSPS) is 21.9. The number of hydrogen-bond donors (Lipinski definition) is 1. The van der Waals surface area contributed by atoms with Gasteiger partial charge in [0, 0.05) is 11.5 Å². The summed E-state index contributed by atoms with van der Waals surface area (Å²) in [5.74, 6) is -1.45. The molecule has 0 amide bonds. The third-order valence-corrected chi connectivity index (χ3v) is 4.01. The van der Waals surface area contributed by atoms with E-state index in [0.717, 1.165) is 0 Å². The molecule has 1 aromatic carbocycles. The number of carbonyl (C=O) groups is 1. The summed E-state index contributed by atoms with van der Waals surface area (Å²) in [5, 5.41) is 18.4. The van der Waals surface area contributed by atoms with Gasteiger partial charge >= 0.3 is 5.97 Å². The van der Waals surface area contributed by atoms with Gasteiger partial charge in [0.05, 0.1) is 30.5 Å². The summed E-state index contributed by atoms with van der Waals surface area (Å²) in [6, 6.07) is 7.29. The molecule has 0 saturated carbocycles. The molecule has 0 aliphatic carbocycles. The van der Waals surface area contributed by atoms with Crippen LogP contribution < -0.4 is 4.90 Å². The average Bonchev–Trinajstić information content (AvgIpc) is 2.86. The molecule has 1 aliphatic rings. The summed E-state index contributed by atoms with van der Waals surface area (Å²) < 4.78 is 5.96. The van der Waals surface area contributed by atoms with Gasteiger partial charge in [-0.1, -0.05) is 6.07 Å². The second-order valence-electron chi connectivity index (χ2n) is 4.41. The molecule has 1 aliphatic heterocycles. The zero-order valence-electron chi connectivity index (χ0n) is 10.3. The second kappa shape index (κ2) is 5.59. The van der Waals surface area contributed by atoms with E-state index >= 15 is 0 Å². The van der Waals surface area contributed by atoms with E-state index in [1.165, 1.54) is 0 Å². The average molecular weight is 325 g/mol. The van der Waals surface area contributed by atoms with E-state index < -0.39 is 11.9 Å². The lowest BCUT2D eigenvalue weighted by Crippen LogP contribution is -2.41. The molecule has 2 unspecified atom stereocenters. The fourth-order valence-corrected chi connectivity index (χ4v) is 2.70. The van der Waals surface area contributed by atoms with Gasteiger partial charge in [0.25, 0.3) is 0 Å². The largest absolute Gasteiger partial charge is 0.481 e. The van der Waals surface area contributed by atoms with Crippen LogP contribution >= 0.6 is 15.9 Å². The fourth-order valence-electron chi connectivity index (χ4n) is 2.26. The molecule has 0 spiro atoms. The van der Waals surface area contributed by atoms with Crippen molar-refractivity contribution in [3.05, 3.63) is 28.2 Å². The maximum Gasteiger partial charge on any atom is 0.311 e. The first-order valence-corrected chi connectivity index (χ1v) is 6.57. The Morgan fingerprint density at radius 2 is 2.32 bits per heavy atom. The third kappa shape index (κ3) is 2.57. The van der Waals surface area contributed by atoms with E-state index in [1.54, 1.807) is 19.2 Å². The number of benzene rings is 1. The summed E-state index contributed by atoms with van der Waals surface area (Å²) in [6.45, 7) is 0.561. The smallest absolute Gasteiger partial charge is 0.311 e. The lowest BCUT2D eigenvalue weighted by Gasteiger charge is -2.29. The lowest BCUT2D eigenvalue weighted by atomic mass is 10.0. The summed E-state index contributed by atoms with van der Waals surface area (Å²) in [6.07, 6.45) is 0. The molecule has 1 heterocycles. The van der Waals surface area contributed by atoms with Crippen LogP contribution in [0.5, 0.6) is 0 Å². The van der Waals surface area contributed by atoms with Gasteiger partial charge < -0.3 is 14.7 Å². The van der Waals surface area contributed by atoms with Crippen LogP contribution in [0.3, 0.4) is 0 Å². The molecule has 19 heavy (non-hydrogen) atoms. The maximum absolute atomic E-state index is 11.2. The third-order valence-electron chi connectivity index (χ3n) is 3.35. The molecule has 1 saturated heterocycles. The van der Waals surface area contributed by atoms with Crippen LogP contribution in [0.4, 0.5) is 5.69 Å². The van der Waals surface area contributed by atoms with Gasteiger partial charge in [0.15, 0.2) is 0 Å². The van der Waals surface area contributed by atoms with Gasteiger partial charge in [0.2, 0.25) is 0 Å². The highest BCUT2D eigenvalue weighted by Gasteiger charge is 2.37. The number of anilines is 1. The number of likely N-dealkylation sites (N-methyl/N-ethyl adjacent to an activating group) is 1. The fraction of sp³-hybridized carbons (Fsp3) is 0.385. The first-order chi connectivity index (χ1) is 9.06. The number of nitrogens with zero attached hydrogens (tertiary/aromatic N) is 2. The minimum atomic E-state index is -0.872. The minimum absolute atomic E-state index is 0.209. The van der Waals surface area contributed by atoms with Crippen molar-refractivity contribution < 1.29 is 14.6 Å². The number of carboxylic acids is 1. The van der Waals surface area contributed by atoms with Gasteiger partial charge in [0.1, 0.15) is 12.0 Å². The highest BCUT2D eigenvalue weighted by Crippen LogP contribution is 2.30. The molecule has 1 fully saturated rings. The predicted molar refractivity (Wildman–Crippen MR) is 73.0 cm³/mol. The number of rotatable bonds is 3. The van der Waals surface area contributed by atoms with E-state index in [1.807, 2.05) is 11.0 Å². The molecule has 6 heteroatoms. The minimum Gasteiger partial charge on any atom is -0.481 e. The molecule has 0 aromatic heterocycles. The van der Waals surface area contributed by atoms with Crippen molar-refractivity contribution in [1.82, 2.24) is 0 Å². The molecule has 1 N–H and O–H groups in total. The number of hydrogen-bond acceptors (Lipinski definition) is 4.